The van der Waals surface area contributed by atoms with Crippen LogP contribution in [-0.2, 0) is 9.53 Å². The fourth-order valence-corrected chi connectivity index (χ4v) is 3.30. The van der Waals surface area contributed by atoms with Crippen molar-refractivity contribution in [3.05, 3.63) is 59.7 Å². The van der Waals surface area contributed by atoms with E-state index in [1.165, 1.54) is 21.3 Å². The largest absolute Gasteiger partial charge is 0.493 e. The molecule has 3 aromatic rings. The molecular formula is C24H24O7. The molecule has 0 fully saturated rings. The molecule has 7 nitrogen and oxygen atoms in total. The Morgan fingerprint density at radius 2 is 1.52 bits per heavy atom. The molecule has 7 heteroatoms. The first-order valence-electron chi connectivity index (χ1n) is 9.68. The van der Waals surface area contributed by atoms with Gasteiger partial charge in [0.2, 0.25) is 5.75 Å². The molecule has 0 aliphatic heterocycles. The zero-order valence-corrected chi connectivity index (χ0v) is 17.9. The molecule has 0 aliphatic rings. The molecule has 0 atom stereocenters. The summed E-state index contributed by atoms with van der Waals surface area (Å²) in [5.74, 6) is 0.569. The van der Waals surface area contributed by atoms with Crippen molar-refractivity contribution < 1.29 is 33.3 Å². The van der Waals surface area contributed by atoms with E-state index < -0.39 is 5.97 Å². The number of carbonyl (C=O) groups is 2. The Kier molecular flexibility index (Phi) is 6.97. The van der Waals surface area contributed by atoms with Crippen LogP contribution in [0.2, 0.25) is 0 Å². The quantitative estimate of drug-likeness (QED) is 0.379. The Bertz CT molecular complexity index is 1080. The third-order valence-electron chi connectivity index (χ3n) is 4.70. The van der Waals surface area contributed by atoms with E-state index in [9.17, 15) is 9.59 Å². The van der Waals surface area contributed by atoms with Crippen molar-refractivity contribution in [2.45, 2.75) is 6.92 Å². The Balaban J connectivity index is 2.13. The van der Waals surface area contributed by atoms with E-state index in [0.29, 0.717) is 33.8 Å². The monoisotopic (exact) mass is 424 g/mol. The highest BCUT2D eigenvalue weighted by molar-refractivity contribution is 6.18. The number of hydrogen-bond acceptors (Lipinski definition) is 7. The van der Waals surface area contributed by atoms with Gasteiger partial charge in [-0.1, -0.05) is 30.3 Å². The number of rotatable bonds is 9. The molecule has 0 bridgehead atoms. The van der Waals surface area contributed by atoms with Crippen LogP contribution in [0.15, 0.2) is 48.5 Å². The third-order valence-corrected chi connectivity index (χ3v) is 4.70. The summed E-state index contributed by atoms with van der Waals surface area (Å²) in [6.07, 6.45) is 0. The van der Waals surface area contributed by atoms with Crippen molar-refractivity contribution in [2.24, 2.45) is 0 Å². The van der Waals surface area contributed by atoms with Crippen LogP contribution in [0.1, 0.15) is 22.8 Å². The number of fused-ring (bicyclic) bond motifs is 1. The third kappa shape index (κ3) is 4.55. The van der Waals surface area contributed by atoms with Gasteiger partial charge in [0.05, 0.1) is 33.5 Å². The van der Waals surface area contributed by atoms with Crippen molar-refractivity contribution >= 4 is 22.5 Å². The van der Waals surface area contributed by atoms with Crippen molar-refractivity contribution in [1.82, 2.24) is 0 Å². The van der Waals surface area contributed by atoms with Gasteiger partial charge in [-0.15, -0.1) is 0 Å². The lowest BCUT2D eigenvalue weighted by Crippen LogP contribution is -2.16. The molecule has 0 saturated heterocycles. The minimum Gasteiger partial charge on any atom is -0.493 e. The van der Waals surface area contributed by atoms with Crippen molar-refractivity contribution in [3.8, 4) is 23.0 Å². The van der Waals surface area contributed by atoms with Gasteiger partial charge in [0.25, 0.3) is 0 Å². The zero-order chi connectivity index (χ0) is 22.4. The second kappa shape index (κ2) is 9.84. The Morgan fingerprint density at radius 3 is 2.13 bits per heavy atom. The van der Waals surface area contributed by atoms with Gasteiger partial charge in [-0.05, 0) is 35.9 Å². The number of ether oxygens (including phenoxy) is 5. The minimum absolute atomic E-state index is 0.247. The van der Waals surface area contributed by atoms with E-state index in [1.807, 2.05) is 30.3 Å². The molecule has 31 heavy (non-hydrogen) atoms. The number of benzene rings is 3. The molecule has 162 valence electrons. The Labute approximate surface area is 180 Å². The van der Waals surface area contributed by atoms with Gasteiger partial charge in [-0.25, -0.2) is 4.79 Å². The molecule has 0 heterocycles. The SMILES string of the molecule is CCOC(=O)COc1ccc2ccccc2c1C(=O)c1cc(OC)c(OC)c(OC)c1. The maximum Gasteiger partial charge on any atom is 0.344 e. The maximum atomic E-state index is 13.6. The van der Waals surface area contributed by atoms with E-state index in [-0.39, 0.29) is 24.7 Å². The molecule has 3 aromatic carbocycles. The van der Waals surface area contributed by atoms with E-state index in [1.54, 1.807) is 25.1 Å². The van der Waals surface area contributed by atoms with Crippen molar-refractivity contribution in [2.75, 3.05) is 34.5 Å². The molecule has 0 amide bonds. The number of hydrogen-bond donors (Lipinski definition) is 0. The van der Waals surface area contributed by atoms with Gasteiger partial charge in [0, 0.05) is 5.56 Å². The molecule has 0 radical (unpaired) electrons. The summed E-state index contributed by atoms with van der Waals surface area (Å²) in [4.78, 5) is 25.4. The van der Waals surface area contributed by atoms with E-state index in [0.717, 1.165) is 5.39 Å². The number of carbonyl (C=O) groups excluding carboxylic acids is 2. The molecule has 0 aliphatic carbocycles. The van der Waals surface area contributed by atoms with Gasteiger partial charge in [-0.2, -0.15) is 0 Å². The van der Waals surface area contributed by atoms with Gasteiger partial charge < -0.3 is 23.7 Å². The summed E-state index contributed by atoms with van der Waals surface area (Å²) in [5.41, 5.74) is 0.656. The van der Waals surface area contributed by atoms with E-state index >= 15 is 0 Å². The zero-order valence-electron chi connectivity index (χ0n) is 17.9. The Hall–Kier alpha value is -3.74. The summed E-state index contributed by atoms with van der Waals surface area (Å²) in [6.45, 7) is 1.66. The predicted molar refractivity (Wildman–Crippen MR) is 116 cm³/mol. The van der Waals surface area contributed by atoms with Gasteiger partial charge in [0.15, 0.2) is 23.9 Å². The van der Waals surface area contributed by atoms with Crippen LogP contribution in [0.3, 0.4) is 0 Å². The summed E-state index contributed by atoms with van der Waals surface area (Å²) < 4.78 is 26.7. The van der Waals surface area contributed by atoms with Crippen LogP contribution >= 0.6 is 0 Å². The molecule has 0 N–H and O–H groups in total. The lowest BCUT2D eigenvalue weighted by Gasteiger charge is -2.16. The summed E-state index contributed by atoms with van der Waals surface area (Å²) >= 11 is 0. The van der Waals surface area contributed by atoms with Crippen LogP contribution in [0.5, 0.6) is 23.0 Å². The standard InChI is InChI=1S/C24H24O7/c1-5-30-21(25)14-31-18-11-10-15-8-6-7-9-17(15)22(18)23(26)16-12-19(27-2)24(29-4)20(13-16)28-3/h6-13H,5,14H2,1-4H3. The highest BCUT2D eigenvalue weighted by Gasteiger charge is 2.23. The second-order valence-electron chi connectivity index (χ2n) is 6.50. The topological polar surface area (TPSA) is 80.3 Å². The van der Waals surface area contributed by atoms with Gasteiger partial charge >= 0.3 is 5.97 Å². The number of esters is 1. The fourth-order valence-electron chi connectivity index (χ4n) is 3.30. The average molecular weight is 424 g/mol. The highest BCUT2D eigenvalue weighted by atomic mass is 16.6. The number of ketones is 1. The first-order chi connectivity index (χ1) is 15.0. The maximum absolute atomic E-state index is 13.6. The smallest absolute Gasteiger partial charge is 0.344 e. The second-order valence-corrected chi connectivity index (χ2v) is 6.50. The van der Waals surface area contributed by atoms with Gasteiger partial charge in [0.1, 0.15) is 5.75 Å². The van der Waals surface area contributed by atoms with Crippen LogP contribution in [0.4, 0.5) is 0 Å². The Morgan fingerprint density at radius 1 is 0.839 bits per heavy atom. The number of methoxy groups -OCH3 is 3. The molecule has 0 saturated carbocycles. The lowest BCUT2D eigenvalue weighted by molar-refractivity contribution is -0.145. The summed E-state index contributed by atoms with van der Waals surface area (Å²) in [6, 6.07) is 14.1. The first kappa shape index (κ1) is 22.0. The van der Waals surface area contributed by atoms with Crippen LogP contribution in [0.25, 0.3) is 10.8 Å². The molecule has 0 aromatic heterocycles. The van der Waals surface area contributed by atoms with Gasteiger partial charge in [-0.3, -0.25) is 4.79 Å². The van der Waals surface area contributed by atoms with Crippen LogP contribution in [0, 0.1) is 0 Å². The molecule has 0 unspecified atom stereocenters. The minimum atomic E-state index is -0.512. The first-order valence-corrected chi connectivity index (χ1v) is 9.68. The van der Waals surface area contributed by atoms with E-state index in [2.05, 4.69) is 0 Å². The van der Waals surface area contributed by atoms with Crippen LogP contribution in [-0.4, -0.2) is 46.3 Å². The normalized spacial score (nSPS) is 10.5. The van der Waals surface area contributed by atoms with E-state index in [4.69, 9.17) is 23.7 Å². The molecule has 0 spiro atoms. The van der Waals surface area contributed by atoms with Crippen molar-refractivity contribution in [1.29, 1.82) is 0 Å². The van der Waals surface area contributed by atoms with Crippen molar-refractivity contribution in [3.63, 3.8) is 0 Å². The summed E-state index contributed by atoms with van der Waals surface area (Å²) in [7, 11) is 4.46. The predicted octanol–water partition coefficient (Wildman–Crippen LogP) is 4.04. The van der Waals surface area contributed by atoms with Crippen LogP contribution < -0.4 is 18.9 Å². The molecule has 3 rings (SSSR count). The molecular weight excluding hydrogens is 400 g/mol. The fraction of sp³-hybridized carbons (Fsp3) is 0.250. The average Bonchev–Trinajstić information content (AvgIpc) is 2.80. The lowest BCUT2D eigenvalue weighted by atomic mass is 9.95. The highest BCUT2D eigenvalue weighted by Crippen LogP contribution is 2.40. The summed E-state index contributed by atoms with van der Waals surface area (Å²) in [5, 5.41) is 1.56.